The molecule has 0 aromatic carbocycles. The van der Waals surface area contributed by atoms with Crippen LogP contribution in [0, 0.1) is 0 Å². The van der Waals surface area contributed by atoms with Gasteiger partial charge in [0.05, 0.1) is 19.2 Å². The first-order valence-electron chi connectivity index (χ1n) is 4.97. The van der Waals surface area contributed by atoms with Crippen molar-refractivity contribution in [2.75, 3.05) is 0 Å². The first-order valence-corrected chi connectivity index (χ1v) is 5.35. The van der Waals surface area contributed by atoms with Gasteiger partial charge in [0.2, 0.25) is 0 Å². The molecule has 19 heavy (non-hydrogen) atoms. The highest BCUT2D eigenvalue weighted by atomic mass is 35.5. The van der Waals surface area contributed by atoms with Gasteiger partial charge in [0.15, 0.2) is 5.82 Å². The Kier molecular flexibility index (Phi) is 3.31. The molecule has 0 aliphatic heterocycles. The summed E-state index contributed by atoms with van der Waals surface area (Å²) in [4.78, 5) is 12.8. The third kappa shape index (κ3) is 2.92. The van der Waals surface area contributed by atoms with Gasteiger partial charge in [-0.25, -0.2) is 0 Å². The third-order valence-corrected chi connectivity index (χ3v) is 2.50. The maximum Gasteiger partial charge on any atom is 0.417 e. The maximum absolute atomic E-state index is 12.6. The first-order chi connectivity index (χ1) is 8.77. The first kappa shape index (κ1) is 13.5. The van der Waals surface area contributed by atoms with E-state index in [-0.39, 0.29) is 12.4 Å². The number of hydrogen-bond donors (Lipinski definition) is 0. The average molecular weight is 294 g/mol. The van der Waals surface area contributed by atoms with E-state index >= 15 is 0 Å². The molecule has 2 rings (SSSR count). The highest BCUT2D eigenvalue weighted by Crippen LogP contribution is 2.29. The van der Waals surface area contributed by atoms with Gasteiger partial charge in [-0.15, -0.1) is 10.2 Å². The summed E-state index contributed by atoms with van der Waals surface area (Å²) in [6.07, 6.45) is -3.92. The minimum atomic E-state index is -4.59. The van der Waals surface area contributed by atoms with Gasteiger partial charge < -0.3 is 4.57 Å². The van der Waals surface area contributed by atoms with E-state index in [1.807, 2.05) is 0 Å². The standard InChI is InChI=1S/C9H7ClF3N5O/c1-17-15-7(14-16-17)4-18-3-5(9(11,12)13)2-6(10)8(18)19/h2-3H,4H2,1H3. The van der Waals surface area contributed by atoms with Crippen molar-refractivity contribution >= 4 is 11.6 Å². The Labute approximate surface area is 109 Å². The molecule has 2 aromatic heterocycles. The fourth-order valence-corrected chi connectivity index (χ4v) is 1.64. The molecule has 2 heterocycles. The van der Waals surface area contributed by atoms with E-state index in [1.54, 1.807) is 0 Å². The Morgan fingerprint density at radius 1 is 1.42 bits per heavy atom. The molecule has 102 valence electrons. The lowest BCUT2D eigenvalue weighted by Crippen LogP contribution is -2.24. The molecule has 0 saturated heterocycles. The van der Waals surface area contributed by atoms with Crippen molar-refractivity contribution in [3.63, 3.8) is 0 Å². The molecule has 0 radical (unpaired) electrons. The van der Waals surface area contributed by atoms with Crippen LogP contribution in [0.4, 0.5) is 13.2 Å². The lowest BCUT2D eigenvalue weighted by Gasteiger charge is -2.10. The van der Waals surface area contributed by atoms with Crippen LogP contribution in [-0.2, 0) is 19.8 Å². The van der Waals surface area contributed by atoms with Crippen LogP contribution in [0.15, 0.2) is 17.1 Å². The van der Waals surface area contributed by atoms with Crippen molar-refractivity contribution < 1.29 is 13.2 Å². The summed E-state index contributed by atoms with van der Waals surface area (Å²) < 4.78 is 38.6. The number of tetrazole rings is 1. The van der Waals surface area contributed by atoms with Gasteiger partial charge in [-0.2, -0.15) is 18.0 Å². The van der Waals surface area contributed by atoms with Crippen molar-refractivity contribution in [1.82, 2.24) is 24.8 Å². The van der Waals surface area contributed by atoms with Crippen LogP contribution in [0.2, 0.25) is 5.02 Å². The summed E-state index contributed by atoms with van der Waals surface area (Å²) in [6.45, 7) is -0.240. The summed E-state index contributed by atoms with van der Waals surface area (Å²) in [7, 11) is 1.50. The van der Waals surface area contributed by atoms with E-state index in [0.717, 1.165) is 9.36 Å². The summed E-state index contributed by atoms with van der Waals surface area (Å²) in [5.41, 5.74) is -1.76. The van der Waals surface area contributed by atoms with E-state index in [9.17, 15) is 18.0 Å². The van der Waals surface area contributed by atoms with E-state index in [2.05, 4.69) is 15.4 Å². The van der Waals surface area contributed by atoms with E-state index in [4.69, 9.17) is 11.6 Å². The molecule has 0 unspecified atom stereocenters. The number of hydrogen-bond acceptors (Lipinski definition) is 4. The number of halogens is 4. The Balaban J connectivity index is 2.45. The van der Waals surface area contributed by atoms with E-state index in [0.29, 0.717) is 12.3 Å². The van der Waals surface area contributed by atoms with Crippen molar-refractivity contribution in [1.29, 1.82) is 0 Å². The number of aryl methyl sites for hydroxylation is 1. The number of pyridine rings is 1. The molecule has 0 spiro atoms. The van der Waals surface area contributed by atoms with Crippen LogP contribution in [0.1, 0.15) is 11.4 Å². The molecule has 0 fully saturated rings. The second-order valence-corrected chi connectivity index (χ2v) is 4.11. The lowest BCUT2D eigenvalue weighted by atomic mass is 10.2. The van der Waals surface area contributed by atoms with Crippen molar-refractivity contribution in [3.8, 4) is 0 Å². The summed E-state index contributed by atoms with van der Waals surface area (Å²) in [5, 5.41) is 10.4. The normalized spacial score (nSPS) is 11.8. The number of rotatable bonds is 2. The van der Waals surface area contributed by atoms with Gasteiger partial charge >= 0.3 is 6.18 Å². The smallest absolute Gasteiger partial charge is 0.306 e. The quantitative estimate of drug-likeness (QED) is 0.831. The Hall–Kier alpha value is -1.90. The monoisotopic (exact) mass is 293 g/mol. The van der Waals surface area contributed by atoms with E-state index < -0.39 is 22.3 Å². The number of alkyl halides is 3. The van der Waals surface area contributed by atoms with Crippen LogP contribution in [0.5, 0.6) is 0 Å². The van der Waals surface area contributed by atoms with Gasteiger partial charge in [0, 0.05) is 6.20 Å². The minimum absolute atomic E-state index is 0.111. The highest BCUT2D eigenvalue weighted by Gasteiger charge is 2.32. The molecule has 0 bridgehead atoms. The van der Waals surface area contributed by atoms with Crippen LogP contribution in [0.25, 0.3) is 0 Å². The number of nitrogens with zero attached hydrogens (tertiary/aromatic N) is 5. The summed E-state index contributed by atoms with van der Waals surface area (Å²) in [5.74, 6) is 0.111. The second-order valence-electron chi connectivity index (χ2n) is 3.70. The third-order valence-electron chi connectivity index (χ3n) is 2.23. The fraction of sp³-hybridized carbons (Fsp3) is 0.333. The lowest BCUT2D eigenvalue weighted by molar-refractivity contribution is -0.138. The zero-order chi connectivity index (χ0) is 14.2. The molecule has 6 nitrogen and oxygen atoms in total. The van der Waals surface area contributed by atoms with Crippen LogP contribution in [0.3, 0.4) is 0 Å². The predicted molar refractivity (Wildman–Crippen MR) is 58.6 cm³/mol. The predicted octanol–water partition coefficient (Wildman–Crippen LogP) is 1.09. The zero-order valence-corrected chi connectivity index (χ0v) is 10.3. The molecule has 10 heteroatoms. The molecule has 0 atom stereocenters. The largest absolute Gasteiger partial charge is 0.417 e. The van der Waals surface area contributed by atoms with E-state index in [1.165, 1.54) is 7.05 Å². The van der Waals surface area contributed by atoms with Crippen LogP contribution < -0.4 is 5.56 Å². The zero-order valence-electron chi connectivity index (χ0n) is 9.52. The molecular weight excluding hydrogens is 287 g/mol. The topological polar surface area (TPSA) is 65.6 Å². The summed E-state index contributed by atoms with van der Waals surface area (Å²) in [6, 6.07) is 0.588. The Morgan fingerprint density at radius 2 is 2.11 bits per heavy atom. The Bertz CT molecular complexity index is 663. The molecule has 0 saturated carbocycles. The Morgan fingerprint density at radius 3 is 2.63 bits per heavy atom. The van der Waals surface area contributed by atoms with Crippen molar-refractivity contribution in [2.24, 2.45) is 7.05 Å². The van der Waals surface area contributed by atoms with Crippen molar-refractivity contribution in [3.05, 3.63) is 39.0 Å². The van der Waals surface area contributed by atoms with Crippen molar-refractivity contribution in [2.45, 2.75) is 12.7 Å². The maximum atomic E-state index is 12.6. The fourth-order valence-electron chi connectivity index (χ4n) is 1.41. The SMILES string of the molecule is Cn1nnc(Cn2cc(C(F)(F)F)cc(Cl)c2=O)n1. The molecule has 0 aliphatic rings. The number of aromatic nitrogens is 5. The summed E-state index contributed by atoms with van der Waals surface area (Å²) >= 11 is 5.50. The van der Waals surface area contributed by atoms with Gasteiger partial charge in [-0.3, -0.25) is 4.79 Å². The van der Waals surface area contributed by atoms with Gasteiger partial charge in [0.1, 0.15) is 5.02 Å². The van der Waals surface area contributed by atoms with Gasteiger partial charge in [-0.1, -0.05) is 11.6 Å². The molecular formula is C9H7ClF3N5O. The second kappa shape index (κ2) is 4.65. The van der Waals surface area contributed by atoms with Crippen LogP contribution >= 0.6 is 11.6 Å². The highest BCUT2D eigenvalue weighted by molar-refractivity contribution is 6.30. The van der Waals surface area contributed by atoms with Crippen LogP contribution in [-0.4, -0.2) is 24.8 Å². The molecule has 0 N–H and O–H groups in total. The minimum Gasteiger partial charge on any atom is -0.306 e. The molecule has 0 aliphatic carbocycles. The van der Waals surface area contributed by atoms with Gasteiger partial charge in [0.25, 0.3) is 5.56 Å². The molecule has 0 amide bonds. The average Bonchev–Trinajstić information content (AvgIpc) is 2.69. The molecule has 2 aromatic rings. The van der Waals surface area contributed by atoms with Gasteiger partial charge in [-0.05, 0) is 11.3 Å².